The lowest BCUT2D eigenvalue weighted by molar-refractivity contribution is -0.155. The minimum absolute atomic E-state index is 0.0100. The van der Waals surface area contributed by atoms with Crippen molar-refractivity contribution in [3.05, 3.63) is 35.9 Å². The summed E-state index contributed by atoms with van der Waals surface area (Å²) in [5, 5.41) is 2.84. The van der Waals surface area contributed by atoms with Gasteiger partial charge in [-0.25, -0.2) is 0 Å². The number of carbonyl (C=O) groups excluding carboxylic acids is 2. The molecule has 1 N–H and O–H groups in total. The third kappa shape index (κ3) is 2.93. The van der Waals surface area contributed by atoms with Gasteiger partial charge in [0.05, 0.1) is 6.04 Å². The molecule has 0 saturated carbocycles. The Hall–Kier alpha value is -1.88. The predicted octanol–water partition coefficient (Wildman–Crippen LogP) is 1.07. The highest BCUT2D eigenvalue weighted by Crippen LogP contribution is 2.25. The zero-order chi connectivity index (χ0) is 13.7. The van der Waals surface area contributed by atoms with Crippen LogP contribution in [0.4, 0.5) is 0 Å². The van der Waals surface area contributed by atoms with E-state index in [2.05, 4.69) is 5.32 Å². The van der Waals surface area contributed by atoms with Crippen LogP contribution in [-0.4, -0.2) is 36.4 Å². The number of hydrogen-bond acceptors (Lipinski definition) is 4. The number of nitrogens with one attached hydrogen (secondary N) is 1. The number of rotatable bonds is 5. The SMILES string of the molecule is CCC1C(=O)NCCN1C(OC=O)c1ccccc1. The number of piperazine rings is 1. The van der Waals surface area contributed by atoms with Gasteiger partial charge in [0.2, 0.25) is 5.91 Å². The first-order valence-corrected chi connectivity index (χ1v) is 6.45. The van der Waals surface area contributed by atoms with Crippen LogP contribution < -0.4 is 5.32 Å². The topological polar surface area (TPSA) is 58.6 Å². The summed E-state index contributed by atoms with van der Waals surface area (Å²) in [4.78, 5) is 24.6. The minimum Gasteiger partial charge on any atom is -0.444 e. The van der Waals surface area contributed by atoms with E-state index in [1.807, 2.05) is 42.2 Å². The molecule has 2 unspecified atom stereocenters. The van der Waals surface area contributed by atoms with E-state index < -0.39 is 6.23 Å². The van der Waals surface area contributed by atoms with Crippen molar-refractivity contribution in [3.63, 3.8) is 0 Å². The van der Waals surface area contributed by atoms with E-state index in [-0.39, 0.29) is 11.9 Å². The average molecular weight is 262 g/mol. The van der Waals surface area contributed by atoms with E-state index in [0.717, 1.165) is 5.56 Å². The number of hydrogen-bond donors (Lipinski definition) is 1. The number of nitrogens with zero attached hydrogens (tertiary/aromatic N) is 1. The molecule has 1 amide bonds. The van der Waals surface area contributed by atoms with E-state index in [9.17, 15) is 9.59 Å². The summed E-state index contributed by atoms with van der Waals surface area (Å²) < 4.78 is 5.21. The highest BCUT2D eigenvalue weighted by Gasteiger charge is 2.34. The maximum Gasteiger partial charge on any atom is 0.294 e. The largest absolute Gasteiger partial charge is 0.444 e. The van der Waals surface area contributed by atoms with Gasteiger partial charge in [-0.05, 0) is 6.42 Å². The standard InChI is InChI=1S/C14H18N2O3/c1-2-12-13(18)15-8-9-16(12)14(19-10-17)11-6-4-3-5-7-11/h3-7,10,12,14H,2,8-9H2,1H3,(H,15,18). The Labute approximate surface area is 112 Å². The Morgan fingerprint density at radius 2 is 2.21 bits per heavy atom. The molecule has 5 heteroatoms. The van der Waals surface area contributed by atoms with Crippen molar-refractivity contribution in [1.82, 2.24) is 10.2 Å². The summed E-state index contributed by atoms with van der Waals surface area (Å²) in [7, 11) is 0. The Balaban J connectivity index is 2.27. The van der Waals surface area contributed by atoms with Crippen molar-refractivity contribution < 1.29 is 14.3 Å². The van der Waals surface area contributed by atoms with Gasteiger partial charge in [-0.2, -0.15) is 0 Å². The van der Waals surface area contributed by atoms with Gasteiger partial charge in [0.15, 0.2) is 6.23 Å². The number of benzene rings is 1. The van der Waals surface area contributed by atoms with Gasteiger partial charge in [-0.15, -0.1) is 0 Å². The molecule has 1 heterocycles. The van der Waals surface area contributed by atoms with E-state index in [1.165, 1.54) is 0 Å². The zero-order valence-electron chi connectivity index (χ0n) is 10.9. The van der Waals surface area contributed by atoms with E-state index in [1.54, 1.807) is 0 Å². The van der Waals surface area contributed by atoms with Gasteiger partial charge in [-0.1, -0.05) is 37.3 Å². The third-order valence-electron chi connectivity index (χ3n) is 3.33. The summed E-state index contributed by atoms with van der Waals surface area (Å²) in [5.74, 6) is -0.0100. The fraction of sp³-hybridized carbons (Fsp3) is 0.429. The van der Waals surface area contributed by atoms with Gasteiger partial charge >= 0.3 is 0 Å². The van der Waals surface area contributed by atoms with Crippen molar-refractivity contribution in [2.24, 2.45) is 0 Å². The maximum atomic E-state index is 11.9. The van der Waals surface area contributed by atoms with Crippen molar-refractivity contribution >= 4 is 12.4 Å². The molecule has 102 valence electrons. The van der Waals surface area contributed by atoms with E-state index in [4.69, 9.17) is 4.74 Å². The van der Waals surface area contributed by atoms with E-state index >= 15 is 0 Å². The second-order valence-corrected chi connectivity index (χ2v) is 4.45. The summed E-state index contributed by atoms with van der Waals surface area (Å²) in [6.07, 6.45) is 0.173. The zero-order valence-corrected chi connectivity index (χ0v) is 10.9. The highest BCUT2D eigenvalue weighted by atomic mass is 16.5. The first-order chi connectivity index (χ1) is 9.27. The third-order valence-corrected chi connectivity index (χ3v) is 3.33. The molecule has 1 aliphatic heterocycles. The van der Waals surface area contributed by atoms with Crippen molar-refractivity contribution in [3.8, 4) is 0 Å². The normalized spacial score (nSPS) is 21.5. The molecule has 5 nitrogen and oxygen atoms in total. The molecule has 2 rings (SSSR count). The molecular formula is C14H18N2O3. The van der Waals surface area contributed by atoms with Crippen LogP contribution in [0.15, 0.2) is 30.3 Å². The highest BCUT2D eigenvalue weighted by molar-refractivity contribution is 5.82. The second-order valence-electron chi connectivity index (χ2n) is 4.45. The number of ether oxygens (including phenoxy) is 1. The Morgan fingerprint density at radius 1 is 1.47 bits per heavy atom. The Morgan fingerprint density at radius 3 is 2.84 bits per heavy atom. The quantitative estimate of drug-likeness (QED) is 0.806. The summed E-state index contributed by atoms with van der Waals surface area (Å²) in [5.41, 5.74) is 0.878. The molecule has 2 atom stereocenters. The molecule has 1 saturated heterocycles. The lowest BCUT2D eigenvalue weighted by Crippen LogP contribution is -2.56. The van der Waals surface area contributed by atoms with Crippen molar-refractivity contribution in [2.75, 3.05) is 13.1 Å². The molecule has 1 aromatic rings. The fourth-order valence-electron chi connectivity index (χ4n) is 2.45. The van der Waals surface area contributed by atoms with Crippen molar-refractivity contribution in [2.45, 2.75) is 25.6 Å². The molecule has 0 aliphatic carbocycles. The molecule has 0 aromatic heterocycles. The van der Waals surface area contributed by atoms with Crippen LogP contribution in [0.2, 0.25) is 0 Å². The van der Waals surface area contributed by atoms with Gasteiger partial charge in [-0.3, -0.25) is 14.5 Å². The van der Waals surface area contributed by atoms with Gasteiger partial charge in [0.1, 0.15) is 0 Å². The molecular weight excluding hydrogens is 244 g/mol. The van der Waals surface area contributed by atoms with Crippen LogP contribution in [0.1, 0.15) is 25.1 Å². The molecule has 1 aromatic carbocycles. The molecule has 1 aliphatic rings. The summed E-state index contributed by atoms with van der Waals surface area (Å²) in [6.45, 7) is 3.63. The second kappa shape index (κ2) is 6.33. The molecule has 0 bridgehead atoms. The fourth-order valence-corrected chi connectivity index (χ4v) is 2.45. The molecule has 19 heavy (non-hydrogen) atoms. The van der Waals surface area contributed by atoms with Gasteiger partial charge in [0.25, 0.3) is 6.47 Å². The van der Waals surface area contributed by atoms with Crippen LogP contribution in [-0.2, 0) is 14.3 Å². The monoisotopic (exact) mass is 262 g/mol. The van der Waals surface area contributed by atoms with Crippen LogP contribution in [0.5, 0.6) is 0 Å². The predicted molar refractivity (Wildman–Crippen MR) is 70.1 cm³/mol. The van der Waals surface area contributed by atoms with Crippen molar-refractivity contribution in [1.29, 1.82) is 0 Å². The first-order valence-electron chi connectivity index (χ1n) is 6.45. The minimum atomic E-state index is -0.505. The lowest BCUT2D eigenvalue weighted by atomic mass is 10.1. The van der Waals surface area contributed by atoms with Gasteiger partial charge < -0.3 is 10.1 Å². The Bertz CT molecular complexity index is 436. The molecule has 0 spiro atoms. The molecule has 1 fully saturated rings. The van der Waals surface area contributed by atoms with Crippen LogP contribution in [0, 0.1) is 0 Å². The van der Waals surface area contributed by atoms with Crippen LogP contribution >= 0.6 is 0 Å². The van der Waals surface area contributed by atoms with Crippen LogP contribution in [0.25, 0.3) is 0 Å². The Kier molecular flexibility index (Phi) is 4.52. The lowest BCUT2D eigenvalue weighted by Gasteiger charge is -2.38. The van der Waals surface area contributed by atoms with Crippen LogP contribution in [0.3, 0.4) is 0 Å². The average Bonchev–Trinajstić information content (AvgIpc) is 2.45. The maximum absolute atomic E-state index is 11.9. The molecule has 0 radical (unpaired) electrons. The smallest absolute Gasteiger partial charge is 0.294 e. The number of carbonyl (C=O) groups is 2. The summed E-state index contributed by atoms with van der Waals surface area (Å²) >= 11 is 0. The van der Waals surface area contributed by atoms with Gasteiger partial charge in [0, 0.05) is 18.7 Å². The van der Waals surface area contributed by atoms with E-state index in [0.29, 0.717) is 26.0 Å². The first kappa shape index (κ1) is 13.5. The summed E-state index contributed by atoms with van der Waals surface area (Å²) in [6, 6.07) is 9.21. The number of amides is 1.